The molecule has 114 valence electrons. The van der Waals surface area contributed by atoms with Crippen molar-refractivity contribution >= 4 is 17.4 Å². The van der Waals surface area contributed by atoms with E-state index >= 15 is 0 Å². The minimum Gasteiger partial charge on any atom is -0.397 e. The molecule has 0 spiro atoms. The second-order valence-corrected chi connectivity index (χ2v) is 6.62. The van der Waals surface area contributed by atoms with Crippen LogP contribution in [0, 0.1) is 18.3 Å². The van der Waals surface area contributed by atoms with Crippen LogP contribution in [0.4, 0.5) is 5.69 Å². The molecular formula is C17H19N3OS. The van der Waals surface area contributed by atoms with Gasteiger partial charge in [-0.05, 0) is 38.0 Å². The van der Waals surface area contributed by atoms with E-state index in [0.29, 0.717) is 17.9 Å². The molecule has 3 rings (SSSR count). The lowest BCUT2D eigenvalue weighted by Crippen LogP contribution is -2.16. The maximum Gasteiger partial charge on any atom is 0.123 e. The first-order valence-corrected chi connectivity index (χ1v) is 8.24. The van der Waals surface area contributed by atoms with Crippen LogP contribution < -0.4 is 5.73 Å². The molecule has 22 heavy (non-hydrogen) atoms. The molecule has 0 aliphatic carbocycles. The number of hydrogen-bond acceptors (Lipinski definition) is 4. The molecule has 5 heteroatoms. The maximum absolute atomic E-state index is 9.36. The first-order valence-electron chi connectivity index (χ1n) is 7.42. The fraction of sp³-hybridized carbons (Fsp3) is 0.353. The molecule has 1 aromatic carbocycles. The lowest BCUT2D eigenvalue weighted by Gasteiger charge is -2.15. The maximum atomic E-state index is 9.36. The van der Waals surface area contributed by atoms with Crippen LogP contribution in [0.1, 0.15) is 24.1 Å². The van der Waals surface area contributed by atoms with Gasteiger partial charge < -0.3 is 15.0 Å². The van der Waals surface area contributed by atoms with E-state index in [1.165, 1.54) is 5.56 Å². The van der Waals surface area contributed by atoms with Crippen LogP contribution in [0.15, 0.2) is 40.3 Å². The predicted octanol–water partition coefficient (Wildman–Crippen LogP) is 3.58. The van der Waals surface area contributed by atoms with Crippen LogP contribution in [-0.2, 0) is 11.3 Å². The summed E-state index contributed by atoms with van der Waals surface area (Å²) < 4.78 is 7.70. The monoisotopic (exact) mass is 313 g/mol. The van der Waals surface area contributed by atoms with Gasteiger partial charge in [-0.15, -0.1) is 0 Å². The number of ether oxygens (including phenoxy) is 1. The van der Waals surface area contributed by atoms with Crippen molar-refractivity contribution in [2.75, 3.05) is 12.3 Å². The van der Waals surface area contributed by atoms with Crippen molar-refractivity contribution in [2.24, 2.45) is 0 Å². The predicted molar refractivity (Wildman–Crippen MR) is 87.8 cm³/mol. The van der Waals surface area contributed by atoms with Crippen molar-refractivity contribution in [3.05, 3.63) is 41.6 Å². The van der Waals surface area contributed by atoms with Crippen molar-refractivity contribution in [3.8, 4) is 6.07 Å². The van der Waals surface area contributed by atoms with E-state index in [0.717, 1.165) is 29.4 Å². The van der Waals surface area contributed by atoms with E-state index in [9.17, 15) is 5.26 Å². The number of rotatable bonds is 4. The van der Waals surface area contributed by atoms with E-state index < -0.39 is 0 Å². The molecule has 2 heterocycles. The third kappa shape index (κ3) is 3.13. The normalized spacial score (nSPS) is 17.5. The summed E-state index contributed by atoms with van der Waals surface area (Å²) in [4.78, 5) is 1.12. The molecule has 1 fully saturated rings. The summed E-state index contributed by atoms with van der Waals surface area (Å²) in [7, 11) is 0. The molecule has 1 aliphatic rings. The van der Waals surface area contributed by atoms with Gasteiger partial charge in [0.05, 0.1) is 18.3 Å². The van der Waals surface area contributed by atoms with Crippen LogP contribution >= 0.6 is 11.8 Å². The van der Waals surface area contributed by atoms with Crippen LogP contribution in [0.5, 0.6) is 0 Å². The van der Waals surface area contributed by atoms with Gasteiger partial charge in [0.15, 0.2) is 0 Å². The number of anilines is 1. The summed E-state index contributed by atoms with van der Waals surface area (Å²) >= 11 is 1.60. The molecule has 1 unspecified atom stereocenters. The number of aromatic nitrogens is 1. The lowest BCUT2D eigenvalue weighted by molar-refractivity contribution is 0.0951. The molecular weight excluding hydrogens is 294 g/mol. The van der Waals surface area contributed by atoms with Crippen molar-refractivity contribution in [1.29, 1.82) is 5.26 Å². The molecule has 0 bridgehead atoms. The molecule has 2 aromatic rings. The third-order valence-corrected chi connectivity index (χ3v) is 4.99. The molecule has 2 N–H and O–H groups in total. The summed E-state index contributed by atoms with van der Waals surface area (Å²) in [5.41, 5.74) is 8.62. The molecule has 4 nitrogen and oxygen atoms in total. The van der Waals surface area contributed by atoms with Gasteiger partial charge in [-0.25, -0.2) is 0 Å². The second kappa shape index (κ2) is 6.47. The Morgan fingerprint density at radius 1 is 1.41 bits per heavy atom. The van der Waals surface area contributed by atoms with Gasteiger partial charge in [-0.1, -0.05) is 29.5 Å². The SMILES string of the molecule is Cc1ccc(Sc2c(N)cc(C#N)n2CC2CCCO2)cc1. The first kappa shape index (κ1) is 15.0. The number of nitrogens with two attached hydrogens (primary N) is 1. The summed E-state index contributed by atoms with van der Waals surface area (Å²) in [5, 5.41) is 10.3. The van der Waals surface area contributed by atoms with Crippen LogP contribution in [0.3, 0.4) is 0 Å². The summed E-state index contributed by atoms with van der Waals surface area (Å²) in [6, 6.07) is 12.3. The Kier molecular flexibility index (Phi) is 4.41. The Morgan fingerprint density at radius 3 is 2.82 bits per heavy atom. The highest BCUT2D eigenvalue weighted by molar-refractivity contribution is 7.99. The van der Waals surface area contributed by atoms with E-state index in [2.05, 4.69) is 37.3 Å². The van der Waals surface area contributed by atoms with Crippen LogP contribution in [-0.4, -0.2) is 17.3 Å². The molecule has 0 radical (unpaired) electrons. The molecule has 1 aliphatic heterocycles. The Labute approximate surface area is 134 Å². The Balaban J connectivity index is 1.90. The number of hydrogen-bond donors (Lipinski definition) is 1. The molecule has 0 amide bonds. The quantitative estimate of drug-likeness (QED) is 0.937. The van der Waals surface area contributed by atoms with Gasteiger partial charge in [0.25, 0.3) is 0 Å². The zero-order valence-corrected chi connectivity index (χ0v) is 13.4. The van der Waals surface area contributed by atoms with Crippen LogP contribution in [0.25, 0.3) is 0 Å². The summed E-state index contributed by atoms with van der Waals surface area (Å²) in [5.74, 6) is 0. The van der Waals surface area contributed by atoms with Crippen LogP contribution in [0.2, 0.25) is 0 Å². The molecule has 1 saturated heterocycles. The average molecular weight is 313 g/mol. The fourth-order valence-corrected chi connectivity index (χ4v) is 3.61. The number of nitriles is 1. The third-order valence-electron chi connectivity index (χ3n) is 3.84. The van der Waals surface area contributed by atoms with Gasteiger partial charge >= 0.3 is 0 Å². The first-order chi connectivity index (χ1) is 10.7. The van der Waals surface area contributed by atoms with Gasteiger partial charge in [0.2, 0.25) is 0 Å². The fourth-order valence-electron chi connectivity index (χ4n) is 2.65. The van der Waals surface area contributed by atoms with Crippen molar-refractivity contribution < 1.29 is 4.74 Å². The Hall–Kier alpha value is -1.90. The van der Waals surface area contributed by atoms with E-state index in [-0.39, 0.29) is 6.10 Å². The van der Waals surface area contributed by atoms with Gasteiger partial charge in [0, 0.05) is 11.5 Å². The Bertz CT molecular complexity index is 694. The average Bonchev–Trinajstić information content (AvgIpc) is 3.12. The van der Waals surface area contributed by atoms with E-state index in [1.54, 1.807) is 17.8 Å². The second-order valence-electron chi connectivity index (χ2n) is 5.56. The summed E-state index contributed by atoms with van der Waals surface area (Å²) in [6.45, 7) is 3.56. The lowest BCUT2D eigenvalue weighted by atomic mass is 10.2. The smallest absolute Gasteiger partial charge is 0.123 e. The Morgan fingerprint density at radius 2 is 2.18 bits per heavy atom. The van der Waals surface area contributed by atoms with Crippen molar-refractivity contribution in [1.82, 2.24) is 4.57 Å². The molecule has 0 saturated carbocycles. The highest BCUT2D eigenvalue weighted by Gasteiger charge is 2.21. The summed E-state index contributed by atoms with van der Waals surface area (Å²) in [6.07, 6.45) is 2.30. The zero-order valence-electron chi connectivity index (χ0n) is 12.6. The van der Waals surface area contributed by atoms with Crippen molar-refractivity contribution in [3.63, 3.8) is 0 Å². The number of nitrogen functional groups attached to an aromatic ring is 1. The van der Waals surface area contributed by atoms with Gasteiger partial charge in [-0.3, -0.25) is 0 Å². The highest BCUT2D eigenvalue weighted by Crippen LogP contribution is 2.35. The highest BCUT2D eigenvalue weighted by atomic mass is 32.2. The number of aryl methyl sites for hydroxylation is 1. The number of nitrogens with zero attached hydrogens (tertiary/aromatic N) is 2. The minimum atomic E-state index is 0.177. The van der Waals surface area contributed by atoms with E-state index in [1.807, 2.05) is 4.57 Å². The van der Waals surface area contributed by atoms with E-state index in [4.69, 9.17) is 10.5 Å². The molecule has 1 atom stereocenters. The van der Waals surface area contributed by atoms with Gasteiger partial charge in [-0.2, -0.15) is 5.26 Å². The van der Waals surface area contributed by atoms with Crippen molar-refractivity contribution in [2.45, 2.75) is 42.3 Å². The molecule has 1 aromatic heterocycles. The minimum absolute atomic E-state index is 0.177. The largest absolute Gasteiger partial charge is 0.397 e. The standard InChI is InChI=1S/C17H19N3OS/c1-12-4-6-15(7-5-12)22-17-16(19)9-13(10-18)20(17)11-14-3-2-8-21-14/h4-7,9,14H,2-3,8,11,19H2,1H3. The van der Waals surface area contributed by atoms with Gasteiger partial charge in [0.1, 0.15) is 16.8 Å². The zero-order chi connectivity index (χ0) is 15.5. The topological polar surface area (TPSA) is 64.0 Å². The number of benzene rings is 1.